The first-order chi connectivity index (χ1) is 9.60. The summed E-state index contributed by atoms with van der Waals surface area (Å²) in [7, 11) is 2.19. The molecule has 1 aliphatic carbocycles. The van der Waals surface area contributed by atoms with Crippen LogP contribution in [-0.2, 0) is 0 Å². The Labute approximate surface area is 121 Å². The molecular formula is C14H26N6. The number of nitrogens with zero attached hydrogens (tertiary/aromatic N) is 3. The molecule has 6 nitrogen and oxygen atoms in total. The molecule has 1 unspecified atom stereocenters. The van der Waals surface area contributed by atoms with Crippen molar-refractivity contribution >= 4 is 17.6 Å². The van der Waals surface area contributed by atoms with E-state index in [0.717, 1.165) is 37.2 Å². The molecule has 6 heteroatoms. The van der Waals surface area contributed by atoms with Crippen LogP contribution in [0.4, 0.5) is 17.6 Å². The Balaban J connectivity index is 1.89. The van der Waals surface area contributed by atoms with Crippen LogP contribution >= 0.6 is 0 Å². The van der Waals surface area contributed by atoms with Crippen LogP contribution in [0.15, 0.2) is 6.07 Å². The summed E-state index contributed by atoms with van der Waals surface area (Å²) in [6, 6.07) is 3.16. The molecule has 20 heavy (non-hydrogen) atoms. The van der Waals surface area contributed by atoms with Crippen LogP contribution in [0, 0.1) is 0 Å². The van der Waals surface area contributed by atoms with Crippen LogP contribution in [0.5, 0.6) is 0 Å². The second kappa shape index (κ2) is 6.74. The van der Waals surface area contributed by atoms with Crippen molar-refractivity contribution in [2.24, 2.45) is 0 Å². The molecule has 1 heterocycles. The molecule has 0 aromatic carbocycles. The SMILES string of the molecule is CCCNc1cc(NCC(C)N(C)C2CC2)nc(N)n1. The fourth-order valence-corrected chi connectivity index (χ4v) is 2.14. The Bertz CT molecular complexity index is 432. The molecule has 0 amide bonds. The van der Waals surface area contributed by atoms with Gasteiger partial charge in [-0.05, 0) is 33.2 Å². The van der Waals surface area contributed by atoms with Crippen molar-refractivity contribution < 1.29 is 0 Å². The summed E-state index contributed by atoms with van der Waals surface area (Å²) >= 11 is 0. The lowest BCUT2D eigenvalue weighted by molar-refractivity contribution is 0.257. The summed E-state index contributed by atoms with van der Waals surface area (Å²) in [5.41, 5.74) is 5.74. The molecule has 112 valence electrons. The molecule has 4 N–H and O–H groups in total. The van der Waals surface area contributed by atoms with Crippen molar-refractivity contribution in [3.8, 4) is 0 Å². The second-order valence-electron chi connectivity index (χ2n) is 5.55. The average Bonchev–Trinajstić information content (AvgIpc) is 3.25. The topological polar surface area (TPSA) is 79.1 Å². The smallest absolute Gasteiger partial charge is 0.223 e. The van der Waals surface area contributed by atoms with E-state index in [-0.39, 0.29) is 0 Å². The van der Waals surface area contributed by atoms with Gasteiger partial charge in [0.25, 0.3) is 0 Å². The number of hydrogen-bond donors (Lipinski definition) is 3. The fraction of sp³-hybridized carbons (Fsp3) is 0.714. The highest BCUT2D eigenvalue weighted by Gasteiger charge is 2.28. The first kappa shape index (κ1) is 14.8. The van der Waals surface area contributed by atoms with E-state index in [4.69, 9.17) is 5.73 Å². The van der Waals surface area contributed by atoms with Gasteiger partial charge in [-0.3, -0.25) is 4.90 Å². The first-order valence-electron chi connectivity index (χ1n) is 7.44. The van der Waals surface area contributed by atoms with Gasteiger partial charge in [0.15, 0.2) is 0 Å². The second-order valence-corrected chi connectivity index (χ2v) is 5.55. The minimum absolute atomic E-state index is 0.303. The van der Waals surface area contributed by atoms with Gasteiger partial charge in [-0.2, -0.15) is 9.97 Å². The lowest BCUT2D eigenvalue weighted by atomic mass is 10.3. The number of nitrogen functional groups attached to an aromatic ring is 1. The Morgan fingerprint density at radius 2 is 2.00 bits per heavy atom. The number of rotatable bonds is 8. The van der Waals surface area contributed by atoms with Gasteiger partial charge in [-0.25, -0.2) is 0 Å². The number of nitrogens with one attached hydrogen (secondary N) is 2. The highest BCUT2D eigenvalue weighted by atomic mass is 15.2. The van der Waals surface area contributed by atoms with Gasteiger partial charge in [-0.15, -0.1) is 0 Å². The fourth-order valence-electron chi connectivity index (χ4n) is 2.14. The normalized spacial score (nSPS) is 16.2. The first-order valence-corrected chi connectivity index (χ1v) is 7.44. The molecule has 0 radical (unpaired) electrons. The lowest BCUT2D eigenvalue weighted by Crippen LogP contribution is -2.36. The number of anilines is 3. The summed E-state index contributed by atoms with van der Waals surface area (Å²) in [5.74, 6) is 1.87. The van der Waals surface area contributed by atoms with Crippen molar-refractivity contribution in [3.63, 3.8) is 0 Å². The molecule has 0 spiro atoms. The molecule has 0 aliphatic heterocycles. The third-order valence-corrected chi connectivity index (χ3v) is 3.70. The van der Waals surface area contributed by atoms with Gasteiger partial charge >= 0.3 is 0 Å². The minimum Gasteiger partial charge on any atom is -0.370 e. The van der Waals surface area contributed by atoms with E-state index >= 15 is 0 Å². The standard InChI is InChI=1S/C14H26N6/c1-4-7-16-12-8-13(19-14(15)18-12)17-9-10(2)20(3)11-5-6-11/h8,10-11H,4-7,9H2,1-3H3,(H4,15,16,17,18,19). The quantitative estimate of drug-likeness (QED) is 0.672. The third-order valence-electron chi connectivity index (χ3n) is 3.70. The Hall–Kier alpha value is -1.56. The maximum Gasteiger partial charge on any atom is 0.223 e. The van der Waals surface area contributed by atoms with E-state index in [1.165, 1.54) is 12.8 Å². The van der Waals surface area contributed by atoms with Crippen molar-refractivity contribution in [3.05, 3.63) is 6.07 Å². The van der Waals surface area contributed by atoms with Crippen LogP contribution in [0.2, 0.25) is 0 Å². The van der Waals surface area contributed by atoms with Crippen LogP contribution in [0.1, 0.15) is 33.1 Å². The molecule has 1 aliphatic rings. The van der Waals surface area contributed by atoms with E-state index in [0.29, 0.717) is 12.0 Å². The molecule has 1 aromatic heterocycles. The molecular weight excluding hydrogens is 252 g/mol. The van der Waals surface area contributed by atoms with Crippen molar-refractivity contribution in [1.82, 2.24) is 14.9 Å². The van der Waals surface area contributed by atoms with Gasteiger partial charge in [-0.1, -0.05) is 6.92 Å². The summed E-state index contributed by atoms with van der Waals surface area (Å²) in [6.07, 6.45) is 3.70. The zero-order chi connectivity index (χ0) is 14.5. The van der Waals surface area contributed by atoms with Crippen molar-refractivity contribution in [1.29, 1.82) is 0 Å². The van der Waals surface area contributed by atoms with Gasteiger partial charge in [0.05, 0.1) is 0 Å². The lowest BCUT2D eigenvalue weighted by Gasteiger charge is -2.24. The van der Waals surface area contributed by atoms with Gasteiger partial charge in [0, 0.05) is 31.2 Å². The Morgan fingerprint density at radius 3 is 2.60 bits per heavy atom. The number of likely N-dealkylation sites (N-methyl/N-ethyl adjacent to an activating group) is 1. The number of nitrogens with two attached hydrogens (primary N) is 1. The molecule has 1 saturated carbocycles. The largest absolute Gasteiger partial charge is 0.370 e. The van der Waals surface area contributed by atoms with E-state index in [9.17, 15) is 0 Å². The molecule has 2 rings (SSSR count). The molecule has 1 aromatic rings. The molecule has 0 saturated heterocycles. The number of hydrogen-bond acceptors (Lipinski definition) is 6. The predicted molar refractivity (Wildman–Crippen MR) is 84.0 cm³/mol. The highest BCUT2D eigenvalue weighted by molar-refractivity contribution is 5.51. The maximum atomic E-state index is 5.74. The van der Waals surface area contributed by atoms with Gasteiger partial charge in [0.1, 0.15) is 11.6 Å². The zero-order valence-corrected chi connectivity index (χ0v) is 12.7. The molecule has 1 fully saturated rings. The van der Waals surface area contributed by atoms with E-state index in [2.05, 4.69) is 46.4 Å². The van der Waals surface area contributed by atoms with E-state index < -0.39 is 0 Å². The van der Waals surface area contributed by atoms with Crippen molar-refractivity contribution in [2.45, 2.75) is 45.2 Å². The van der Waals surface area contributed by atoms with Gasteiger partial charge in [0.2, 0.25) is 5.95 Å². The van der Waals surface area contributed by atoms with E-state index in [1.807, 2.05) is 6.07 Å². The van der Waals surface area contributed by atoms with Crippen LogP contribution in [-0.4, -0.2) is 47.1 Å². The average molecular weight is 278 g/mol. The predicted octanol–water partition coefficient (Wildman–Crippen LogP) is 1.78. The summed E-state index contributed by atoms with van der Waals surface area (Å²) in [5, 5.41) is 6.59. The molecule has 0 bridgehead atoms. The monoisotopic (exact) mass is 278 g/mol. The summed E-state index contributed by atoms with van der Waals surface area (Å²) < 4.78 is 0. The van der Waals surface area contributed by atoms with Gasteiger partial charge < -0.3 is 16.4 Å². The zero-order valence-electron chi connectivity index (χ0n) is 12.7. The van der Waals surface area contributed by atoms with Crippen LogP contribution in [0.3, 0.4) is 0 Å². The maximum absolute atomic E-state index is 5.74. The summed E-state index contributed by atoms with van der Waals surface area (Å²) in [4.78, 5) is 10.8. The van der Waals surface area contributed by atoms with E-state index in [1.54, 1.807) is 0 Å². The van der Waals surface area contributed by atoms with Crippen LogP contribution < -0.4 is 16.4 Å². The van der Waals surface area contributed by atoms with Crippen molar-refractivity contribution in [2.75, 3.05) is 36.5 Å². The van der Waals surface area contributed by atoms with Crippen LogP contribution in [0.25, 0.3) is 0 Å². The Morgan fingerprint density at radius 1 is 1.35 bits per heavy atom. The Kier molecular flexibility index (Phi) is 5.00. The number of aromatic nitrogens is 2. The minimum atomic E-state index is 0.303. The third kappa shape index (κ3) is 4.23. The highest BCUT2D eigenvalue weighted by Crippen LogP contribution is 2.27. The summed E-state index contributed by atoms with van der Waals surface area (Å²) in [6.45, 7) is 6.09. The molecule has 1 atom stereocenters.